The number of nitrogens with two attached hydrogens (primary N) is 3. The molecule has 0 aliphatic heterocycles. The minimum Gasteiger partial charge on any atom is -0.481 e. The van der Waals surface area contributed by atoms with E-state index < -0.39 is 145 Å². The molecule has 18 N–H and O–H groups in total. The Morgan fingerprint density at radius 3 is 1.37 bits per heavy atom. The largest absolute Gasteiger partial charge is 0.481 e. The van der Waals surface area contributed by atoms with Crippen LogP contribution in [0.2, 0.25) is 0 Å². The van der Waals surface area contributed by atoms with Crippen LogP contribution in [0.4, 0.5) is 0 Å². The molecule has 11 atom stereocenters. The summed E-state index contributed by atoms with van der Waals surface area (Å²) in [4.78, 5) is 145. The molecule has 0 fully saturated rings. The number of carbonyl (C=O) groups excluding carboxylic acids is 9. The lowest BCUT2D eigenvalue weighted by atomic mass is 10.0. The lowest BCUT2D eigenvalue weighted by Crippen LogP contribution is -2.61. The number of benzene rings is 1. The van der Waals surface area contributed by atoms with Gasteiger partial charge in [-0.1, -0.05) is 58.0 Å². The maximum Gasteiger partial charge on any atom is 0.328 e. The van der Waals surface area contributed by atoms with Crippen molar-refractivity contribution in [3.05, 3.63) is 35.9 Å². The van der Waals surface area contributed by atoms with Gasteiger partial charge in [0.1, 0.15) is 48.3 Å². The van der Waals surface area contributed by atoms with Gasteiger partial charge in [-0.25, -0.2) is 4.79 Å². The van der Waals surface area contributed by atoms with E-state index in [1.165, 1.54) is 6.92 Å². The Morgan fingerprint density at radius 1 is 0.534 bits per heavy atom. The van der Waals surface area contributed by atoms with Gasteiger partial charge in [-0.05, 0) is 69.9 Å². The van der Waals surface area contributed by atoms with Crippen molar-refractivity contribution in [2.75, 3.05) is 12.3 Å². The van der Waals surface area contributed by atoms with Gasteiger partial charge >= 0.3 is 11.9 Å². The highest BCUT2D eigenvalue weighted by Gasteiger charge is 2.37. The number of carbonyl (C=O) groups is 11. The molecule has 9 amide bonds. The number of amides is 9. The zero-order valence-electron chi connectivity index (χ0n) is 41.9. The van der Waals surface area contributed by atoms with Crippen LogP contribution in [0.15, 0.2) is 30.3 Å². The van der Waals surface area contributed by atoms with Gasteiger partial charge in [0.05, 0.1) is 25.0 Å². The average molecular weight is 1050 g/mol. The second-order valence-corrected chi connectivity index (χ2v) is 18.8. The van der Waals surface area contributed by atoms with Crippen molar-refractivity contribution in [1.29, 1.82) is 0 Å². The SMILES string of the molecule is CC(C)C[C@H](NC(=O)[C@H](CC(=O)O)NC(=O)[C@H](CC(N)=O)NC(=O)[C@H](CC(C)C)NC(=O)[C@H](CCCCN)NC(=O)[C@@H](N)[C@@H](C)O)C(=O)N[C@@H](CS)C(=O)N[C@@H](Cc1ccccc1)C(=O)N[C@H](C(=O)O)[C@@H](C)O. The second kappa shape index (κ2) is 32.6. The van der Waals surface area contributed by atoms with Crippen molar-refractivity contribution in [3.8, 4) is 0 Å². The first kappa shape index (κ1) is 64.6. The molecule has 0 saturated heterocycles. The first-order chi connectivity index (χ1) is 34.1. The van der Waals surface area contributed by atoms with Crippen molar-refractivity contribution in [1.82, 2.24) is 42.5 Å². The number of aliphatic hydroxyl groups excluding tert-OH is 2. The number of nitrogens with one attached hydrogen (secondary N) is 8. The third-order valence-corrected chi connectivity index (χ3v) is 11.3. The first-order valence-corrected chi connectivity index (χ1v) is 24.4. The second-order valence-electron chi connectivity index (χ2n) is 18.4. The Kier molecular flexibility index (Phi) is 28.9. The fourth-order valence-corrected chi connectivity index (χ4v) is 7.24. The molecule has 0 bridgehead atoms. The molecule has 1 rings (SSSR count). The average Bonchev–Trinajstić information content (AvgIpc) is 3.29. The van der Waals surface area contributed by atoms with Crippen LogP contribution >= 0.6 is 12.6 Å². The standard InChI is InChI=1S/C46H75N11O15S/c1-22(2)16-28(51-38(63)27(14-10-11-15-47)50-45(70)36(49)24(5)58)39(64)54-31(19-34(48)60)41(66)55-32(20-35(61)62)42(67)52-29(17-23(3)4)40(65)56-33(21-73)44(69)53-30(18-26-12-8-7-9-13-26)43(68)57-37(25(6)59)46(71)72/h7-9,12-13,22-25,27-33,36-37,58-59,73H,10-11,14-21,47,49H2,1-6H3,(H2,48,60)(H,50,70)(H,51,63)(H,52,67)(H,53,69)(H,54,64)(H,55,66)(H,56,65)(H,57,68)(H,61,62)(H,71,72)/t24-,25-,27+,28+,29+,30+,31+,32+,33+,36+,37+/m1/s1. The molecule has 0 radical (unpaired) electrons. The van der Waals surface area contributed by atoms with Crippen LogP contribution in [0, 0.1) is 11.8 Å². The minimum atomic E-state index is -1.96. The number of carboxylic acids is 2. The molecule has 0 aliphatic carbocycles. The summed E-state index contributed by atoms with van der Waals surface area (Å²) in [5.74, 6) is -13.4. The summed E-state index contributed by atoms with van der Waals surface area (Å²) >= 11 is 4.19. The number of hydrogen-bond acceptors (Lipinski definition) is 16. The van der Waals surface area contributed by atoms with E-state index in [1.807, 2.05) is 0 Å². The van der Waals surface area contributed by atoms with E-state index in [0.29, 0.717) is 18.4 Å². The number of hydrogen-bond donors (Lipinski definition) is 16. The molecule has 27 heteroatoms. The first-order valence-electron chi connectivity index (χ1n) is 23.7. The van der Waals surface area contributed by atoms with E-state index in [4.69, 9.17) is 17.2 Å². The number of rotatable bonds is 34. The number of carboxylic acid groups (broad SMARTS) is 2. The summed E-state index contributed by atoms with van der Waals surface area (Å²) in [6.07, 6.45) is -4.18. The smallest absolute Gasteiger partial charge is 0.328 e. The van der Waals surface area contributed by atoms with Gasteiger partial charge < -0.3 is 80.2 Å². The highest BCUT2D eigenvalue weighted by atomic mass is 32.1. The van der Waals surface area contributed by atoms with E-state index in [2.05, 4.69) is 55.2 Å². The van der Waals surface area contributed by atoms with Gasteiger partial charge in [-0.2, -0.15) is 12.6 Å². The van der Waals surface area contributed by atoms with Gasteiger partial charge in [0.25, 0.3) is 0 Å². The van der Waals surface area contributed by atoms with Crippen LogP contribution in [0.25, 0.3) is 0 Å². The Bertz CT molecular complexity index is 2050. The molecule has 0 heterocycles. The fourth-order valence-electron chi connectivity index (χ4n) is 6.98. The highest BCUT2D eigenvalue weighted by molar-refractivity contribution is 7.80. The van der Waals surface area contributed by atoms with Gasteiger partial charge in [-0.3, -0.25) is 47.9 Å². The summed E-state index contributed by atoms with van der Waals surface area (Å²) in [5.41, 5.74) is 17.3. The monoisotopic (exact) mass is 1050 g/mol. The number of thiol groups is 1. The van der Waals surface area contributed by atoms with E-state index in [0.717, 1.165) is 6.92 Å². The van der Waals surface area contributed by atoms with Gasteiger partial charge in [0.2, 0.25) is 53.2 Å². The Morgan fingerprint density at radius 2 is 0.945 bits per heavy atom. The zero-order chi connectivity index (χ0) is 55.7. The number of unbranched alkanes of at least 4 members (excludes halogenated alkanes) is 1. The van der Waals surface area contributed by atoms with Gasteiger partial charge in [0, 0.05) is 12.2 Å². The lowest BCUT2D eigenvalue weighted by molar-refractivity contribution is -0.145. The normalized spacial score (nSPS) is 15.7. The van der Waals surface area contributed by atoms with Crippen molar-refractivity contribution < 1.29 is 73.2 Å². The molecule has 73 heavy (non-hydrogen) atoms. The molecular weight excluding hydrogens is 979 g/mol. The topological polar surface area (TPSA) is 443 Å². The summed E-state index contributed by atoms with van der Waals surface area (Å²) in [6.45, 7) is 9.46. The third-order valence-electron chi connectivity index (χ3n) is 10.9. The van der Waals surface area contributed by atoms with Crippen LogP contribution in [-0.2, 0) is 59.2 Å². The molecule has 0 aliphatic rings. The minimum absolute atomic E-state index is 0.0427. The molecule has 0 aromatic heterocycles. The van der Waals surface area contributed by atoms with Crippen molar-refractivity contribution in [2.24, 2.45) is 29.0 Å². The predicted molar refractivity (Wildman–Crippen MR) is 266 cm³/mol. The van der Waals surface area contributed by atoms with Crippen LogP contribution < -0.4 is 59.7 Å². The van der Waals surface area contributed by atoms with E-state index in [1.54, 1.807) is 58.0 Å². The Balaban J connectivity index is 3.43. The molecule has 0 spiro atoms. The number of aliphatic carboxylic acids is 2. The molecule has 1 aromatic rings. The lowest BCUT2D eigenvalue weighted by Gasteiger charge is -2.28. The van der Waals surface area contributed by atoms with Gasteiger partial charge in [-0.15, -0.1) is 0 Å². The summed E-state index contributed by atoms with van der Waals surface area (Å²) < 4.78 is 0. The van der Waals surface area contributed by atoms with E-state index in [9.17, 15) is 73.2 Å². The molecule has 410 valence electrons. The molecular formula is C46H75N11O15S. The molecule has 1 aromatic carbocycles. The molecule has 26 nitrogen and oxygen atoms in total. The quantitative estimate of drug-likeness (QED) is 0.0230. The Labute approximate surface area is 429 Å². The highest BCUT2D eigenvalue weighted by Crippen LogP contribution is 2.12. The zero-order valence-corrected chi connectivity index (χ0v) is 42.8. The maximum atomic E-state index is 13.9. The van der Waals surface area contributed by atoms with Crippen molar-refractivity contribution in [2.45, 2.75) is 159 Å². The van der Waals surface area contributed by atoms with E-state index in [-0.39, 0.29) is 49.8 Å². The molecule has 0 unspecified atom stereocenters. The van der Waals surface area contributed by atoms with E-state index >= 15 is 0 Å². The molecule has 0 saturated carbocycles. The summed E-state index contributed by atoms with van der Waals surface area (Å²) in [6, 6.07) is -5.75. The van der Waals surface area contributed by atoms with Crippen LogP contribution in [-0.4, -0.2) is 164 Å². The predicted octanol–water partition coefficient (Wildman–Crippen LogP) is -4.22. The van der Waals surface area contributed by atoms with Crippen LogP contribution in [0.1, 0.15) is 92.1 Å². The van der Waals surface area contributed by atoms with Crippen LogP contribution in [0.3, 0.4) is 0 Å². The summed E-state index contributed by atoms with van der Waals surface area (Å²) in [5, 5.41) is 58.1. The third kappa shape index (κ3) is 24.2. The Hall–Kier alpha value is -6.42. The number of aliphatic hydroxyl groups is 2. The number of primary amides is 1. The summed E-state index contributed by atoms with van der Waals surface area (Å²) in [7, 11) is 0. The van der Waals surface area contributed by atoms with Crippen molar-refractivity contribution >= 4 is 77.7 Å². The maximum absolute atomic E-state index is 13.9. The van der Waals surface area contributed by atoms with Crippen LogP contribution in [0.5, 0.6) is 0 Å². The van der Waals surface area contributed by atoms with Crippen molar-refractivity contribution in [3.63, 3.8) is 0 Å². The van der Waals surface area contributed by atoms with Gasteiger partial charge in [0.15, 0.2) is 6.04 Å². The fraction of sp³-hybridized carbons (Fsp3) is 0.630.